The summed E-state index contributed by atoms with van der Waals surface area (Å²) in [7, 11) is 2.04. The number of hydrogen-bond acceptors (Lipinski definition) is 3. The lowest BCUT2D eigenvalue weighted by Crippen LogP contribution is -2.35. The number of alkyl halides is 3. The summed E-state index contributed by atoms with van der Waals surface area (Å²) >= 11 is 5.80. The third-order valence-electron chi connectivity index (χ3n) is 4.52. The Kier molecular flexibility index (Phi) is 4.18. The van der Waals surface area contributed by atoms with Crippen molar-refractivity contribution < 1.29 is 22.7 Å². The zero-order valence-electron chi connectivity index (χ0n) is 12.4. The number of likely N-dealkylation sites (N-methyl/N-ethyl adjacent to an activating group) is 1. The summed E-state index contributed by atoms with van der Waals surface area (Å²) in [5.41, 5.74) is 0.271. The van der Waals surface area contributed by atoms with Crippen molar-refractivity contribution in [2.24, 2.45) is 5.92 Å². The summed E-state index contributed by atoms with van der Waals surface area (Å²) in [5, 5.41) is -0.232. The van der Waals surface area contributed by atoms with Gasteiger partial charge in [-0.2, -0.15) is 0 Å². The molecular weight excluding hydrogens is 333 g/mol. The fraction of sp³-hybridized carbons (Fsp3) is 0.533. The van der Waals surface area contributed by atoms with Crippen molar-refractivity contribution in [2.75, 3.05) is 26.7 Å². The molecular formula is C15H16ClF3N2O2. The van der Waals surface area contributed by atoms with E-state index < -0.39 is 12.1 Å². The van der Waals surface area contributed by atoms with Gasteiger partial charge in [-0.15, -0.1) is 13.2 Å². The third kappa shape index (κ3) is 3.40. The van der Waals surface area contributed by atoms with Crippen LogP contribution in [0.15, 0.2) is 18.2 Å². The van der Waals surface area contributed by atoms with E-state index in [9.17, 15) is 18.0 Å². The molecule has 1 aromatic carbocycles. The zero-order valence-corrected chi connectivity index (χ0v) is 13.2. The van der Waals surface area contributed by atoms with Crippen LogP contribution in [-0.2, 0) is 0 Å². The summed E-state index contributed by atoms with van der Waals surface area (Å²) in [6.45, 7) is 2.34. The van der Waals surface area contributed by atoms with Gasteiger partial charge in [-0.3, -0.25) is 4.79 Å². The van der Waals surface area contributed by atoms with Gasteiger partial charge < -0.3 is 14.5 Å². The fourth-order valence-corrected chi connectivity index (χ4v) is 3.58. The van der Waals surface area contributed by atoms with E-state index in [4.69, 9.17) is 11.6 Å². The first kappa shape index (κ1) is 16.4. The third-order valence-corrected chi connectivity index (χ3v) is 4.81. The van der Waals surface area contributed by atoms with Crippen molar-refractivity contribution in [1.82, 2.24) is 9.80 Å². The molecule has 2 heterocycles. The van der Waals surface area contributed by atoms with Gasteiger partial charge in [-0.05, 0) is 44.1 Å². The maximum absolute atomic E-state index is 12.5. The van der Waals surface area contributed by atoms with Gasteiger partial charge in [0.05, 0.1) is 5.02 Å². The Bertz CT molecular complexity index is 623. The number of carbonyl (C=O) groups is 1. The molecule has 1 amide bonds. The number of nitrogens with zero attached hydrogens (tertiary/aromatic N) is 2. The highest BCUT2D eigenvalue weighted by Crippen LogP contribution is 2.33. The molecule has 1 aromatic rings. The smallest absolute Gasteiger partial charge is 0.404 e. The van der Waals surface area contributed by atoms with E-state index in [0.29, 0.717) is 25.0 Å². The van der Waals surface area contributed by atoms with Crippen LogP contribution >= 0.6 is 11.6 Å². The van der Waals surface area contributed by atoms with E-state index >= 15 is 0 Å². The van der Waals surface area contributed by atoms with Crippen LogP contribution in [0.2, 0.25) is 5.02 Å². The number of halogens is 4. The molecule has 0 N–H and O–H groups in total. The van der Waals surface area contributed by atoms with Crippen LogP contribution in [0, 0.1) is 5.92 Å². The lowest BCUT2D eigenvalue weighted by Gasteiger charge is -2.21. The minimum absolute atomic E-state index is 0.215. The fourth-order valence-electron chi connectivity index (χ4n) is 3.36. The van der Waals surface area contributed by atoms with Crippen molar-refractivity contribution in [2.45, 2.75) is 18.8 Å². The van der Waals surface area contributed by atoms with Gasteiger partial charge in [0, 0.05) is 24.7 Å². The molecule has 2 aliphatic rings. The van der Waals surface area contributed by atoms with Crippen LogP contribution in [0.1, 0.15) is 16.8 Å². The number of carbonyl (C=O) groups excluding carboxylic acids is 1. The van der Waals surface area contributed by atoms with E-state index in [1.807, 2.05) is 7.05 Å². The van der Waals surface area contributed by atoms with E-state index in [0.717, 1.165) is 19.0 Å². The first-order valence-corrected chi connectivity index (χ1v) is 7.67. The Hall–Kier alpha value is -1.47. The van der Waals surface area contributed by atoms with E-state index in [1.165, 1.54) is 12.1 Å². The molecule has 0 saturated carbocycles. The Morgan fingerprint density at radius 1 is 1.35 bits per heavy atom. The van der Waals surface area contributed by atoms with Gasteiger partial charge in [-0.25, -0.2) is 0 Å². The van der Waals surface area contributed by atoms with Crippen molar-refractivity contribution in [3.63, 3.8) is 0 Å². The molecule has 126 valence electrons. The van der Waals surface area contributed by atoms with E-state index in [-0.39, 0.29) is 16.5 Å². The predicted molar refractivity (Wildman–Crippen MR) is 78.6 cm³/mol. The number of likely N-dealkylation sites (tertiary alicyclic amines) is 2. The molecule has 0 aliphatic carbocycles. The molecule has 2 atom stereocenters. The number of rotatable bonds is 2. The zero-order chi connectivity index (χ0) is 16.8. The first-order valence-electron chi connectivity index (χ1n) is 7.29. The standard InChI is InChI=1S/C15H16ClF3N2O2/c1-20-5-4-10-7-21(8-12(10)20)14(22)9-2-3-13(11(16)6-9)23-15(17,18)19/h2-3,6,10,12H,4-5,7-8H2,1H3/t10-,12+/m1/s1. The average molecular weight is 349 g/mol. The molecule has 2 fully saturated rings. The molecule has 0 radical (unpaired) electrons. The lowest BCUT2D eigenvalue weighted by atomic mass is 10.1. The Labute approximate surface area is 136 Å². The van der Waals surface area contributed by atoms with Gasteiger partial charge in [0.15, 0.2) is 0 Å². The van der Waals surface area contributed by atoms with Gasteiger partial charge in [-0.1, -0.05) is 11.6 Å². The predicted octanol–water partition coefficient (Wildman–Crippen LogP) is 3.01. The minimum atomic E-state index is -4.81. The summed E-state index contributed by atoms with van der Waals surface area (Å²) in [4.78, 5) is 16.5. The number of amides is 1. The molecule has 2 saturated heterocycles. The molecule has 0 bridgehead atoms. The molecule has 0 unspecified atom stereocenters. The van der Waals surface area contributed by atoms with Crippen LogP contribution in [-0.4, -0.2) is 54.8 Å². The van der Waals surface area contributed by atoms with Crippen molar-refractivity contribution in [3.05, 3.63) is 28.8 Å². The maximum Gasteiger partial charge on any atom is 0.573 e. The van der Waals surface area contributed by atoms with E-state index in [2.05, 4.69) is 9.64 Å². The second-order valence-corrected chi connectivity index (χ2v) is 6.41. The average Bonchev–Trinajstić information content (AvgIpc) is 3.02. The summed E-state index contributed by atoms with van der Waals surface area (Å²) in [5.74, 6) is -0.255. The highest BCUT2D eigenvalue weighted by Gasteiger charge is 2.41. The van der Waals surface area contributed by atoms with Gasteiger partial charge >= 0.3 is 6.36 Å². The highest BCUT2D eigenvalue weighted by molar-refractivity contribution is 6.32. The molecule has 23 heavy (non-hydrogen) atoms. The Balaban J connectivity index is 1.72. The van der Waals surface area contributed by atoms with Crippen molar-refractivity contribution >= 4 is 17.5 Å². The number of hydrogen-bond donors (Lipinski definition) is 0. The van der Waals surface area contributed by atoms with Crippen LogP contribution in [0.5, 0.6) is 5.75 Å². The second-order valence-electron chi connectivity index (χ2n) is 6.00. The minimum Gasteiger partial charge on any atom is -0.404 e. The van der Waals surface area contributed by atoms with E-state index in [1.54, 1.807) is 4.90 Å². The van der Waals surface area contributed by atoms with Crippen LogP contribution in [0.3, 0.4) is 0 Å². The van der Waals surface area contributed by atoms with Crippen LogP contribution in [0.4, 0.5) is 13.2 Å². The van der Waals surface area contributed by atoms with Gasteiger partial charge in [0.1, 0.15) is 5.75 Å². The SMILES string of the molecule is CN1CC[C@@H]2CN(C(=O)c3ccc(OC(F)(F)F)c(Cl)c3)C[C@@H]21. The normalized spacial score (nSPS) is 24.8. The van der Waals surface area contributed by atoms with Crippen molar-refractivity contribution in [1.29, 1.82) is 0 Å². The first-order chi connectivity index (χ1) is 10.7. The van der Waals surface area contributed by atoms with Crippen molar-refractivity contribution in [3.8, 4) is 5.75 Å². The summed E-state index contributed by atoms with van der Waals surface area (Å²) in [6, 6.07) is 3.98. The molecule has 3 rings (SSSR count). The van der Waals surface area contributed by atoms with Crippen LogP contribution < -0.4 is 4.74 Å². The summed E-state index contributed by atoms with van der Waals surface area (Å²) in [6.07, 6.45) is -3.75. The molecule has 8 heteroatoms. The quantitative estimate of drug-likeness (QED) is 0.823. The molecule has 4 nitrogen and oxygen atoms in total. The van der Waals surface area contributed by atoms with Crippen LogP contribution in [0.25, 0.3) is 0 Å². The lowest BCUT2D eigenvalue weighted by molar-refractivity contribution is -0.274. The number of benzene rings is 1. The number of ether oxygens (including phenoxy) is 1. The Morgan fingerprint density at radius 2 is 2.09 bits per heavy atom. The molecule has 2 aliphatic heterocycles. The maximum atomic E-state index is 12.5. The molecule has 0 spiro atoms. The second kappa shape index (κ2) is 5.87. The highest BCUT2D eigenvalue weighted by atomic mass is 35.5. The largest absolute Gasteiger partial charge is 0.573 e. The topological polar surface area (TPSA) is 32.8 Å². The Morgan fingerprint density at radius 3 is 2.70 bits per heavy atom. The molecule has 0 aromatic heterocycles. The van der Waals surface area contributed by atoms with Gasteiger partial charge in [0.25, 0.3) is 5.91 Å². The summed E-state index contributed by atoms with van der Waals surface area (Å²) < 4.78 is 40.5. The monoisotopic (exact) mass is 348 g/mol. The number of fused-ring (bicyclic) bond motifs is 1. The van der Waals surface area contributed by atoms with Gasteiger partial charge in [0.2, 0.25) is 0 Å².